The van der Waals surface area contributed by atoms with Crippen LogP contribution in [0.4, 0.5) is 0 Å². The second-order valence-electron chi connectivity index (χ2n) is 5.26. The van der Waals surface area contributed by atoms with E-state index in [0.29, 0.717) is 6.04 Å². The fourth-order valence-electron chi connectivity index (χ4n) is 2.79. The van der Waals surface area contributed by atoms with Gasteiger partial charge in [0.25, 0.3) is 0 Å². The number of nitrogens with one attached hydrogen (secondary N) is 2. The Hall–Kier alpha value is -0.0300. The number of halogens is 2. The molecule has 0 radical (unpaired) electrons. The van der Waals surface area contributed by atoms with Crippen molar-refractivity contribution in [1.82, 2.24) is 15.5 Å². The molecule has 2 rings (SSSR count). The number of rotatable bonds is 3. The van der Waals surface area contributed by atoms with Gasteiger partial charge in [-0.05, 0) is 38.8 Å². The van der Waals surface area contributed by atoms with Crippen molar-refractivity contribution in [2.24, 2.45) is 5.92 Å². The van der Waals surface area contributed by atoms with Gasteiger partial charge >= 0.3 is 0 Å². The summed E-state index contributed by atoms with van der Waals surface area (Å²) in [6.07, 6.45) is 4.40. The third-order valence-corrected chi connectivity index (χ3v) is 4.05. The van der Waals surface area contributed by atoms with Gasteiger partial charge in [-0.3, -0.25) is 4.79 Å². The molecule has 2 aliphatic heterocycles. The predicted molar refractivity (Wildman–Crippen MR) is 83.4 cm³/mol. The summed E-state index contributed by atoms with van der Waals surface area (Å²) in [5.41, 5.74) is 0. The molecular formula is C13H27Cl2N3O. The maximum atomic E-state index is 12.1. The molecule has 0 aromatic carbocycles. The van der Waals surface area contributed by atoms with Crippen LogP contribution >= 0.6 is 24.8 Å². The number of carbonyl (C=O) groups is 1. The second-order valence-corrected chi connectivity index (χ2v) is 5.26. The van der Waals surface area contributed by atoms with E-state index in [1.807, 2.05) is 0 Å². The highest BCUT2D eigenvalue weighted by molar-refractivity contribution is 5.85. The van der Waals surface area contributed by atoms with E-state index >= 15 is 0 Å². The van der Waals surface area contributed by atoms with Gasteiger partial charge in [-0.2, -0.15) is 0 Å². The van der Waals surface area contributed by atoms with Crippen molar-refractivity contribution >= 4 is 30.7 Å². The van der Waals surface area contributed by atoms with Crippen LogP contribution in [0, 0.1) is 5.92 Å². The highest BCUT2D eigenvalue weighted by Gasteiger charge is 2.25. The van der Waals surface area contributed by atoms with Crippen LogP contribution in [0.25, 0.3) is 0 Å². The smallest absolute Gasteiger partial charge is 0.224 e. The number of piperidine rings is 2. The lowest BCUT2D eigenvalue weighted by molar-refractivity contribution is -0.126. The van der Waals surface area contributed by atoms with E-state index in [2.05, 4.69) is 22.5 Å². The molecule has 1 atom stereocenters. The lowest BCUT2D eigenvalue weighted by Crippen LogP contribution is -2.48. The number of likely N-dealkylation sites (tertiary alicyclic amines) is 1. The van der Waals surface area contributed by atoms with Crippen molar-refractivity contribution in [3.63, 3.8) is 0 Å². The zero-order valence-corrected chi connectivity index (χ0v) is 13.3. The monoisotopic (exact) mass is 311 g/mol. The Morgan fingerprint density at radius 2 is 1.95 bits per heavy atom. The first-order valence-corrected chi connectivity index (χ1v) is 7.03. The van der Waals surface area contributed by atoms with Crippen molar-refractivity contribution in [2.45, 2.75) is 38.6 Å². The van der Waals surface area contributed by atoms with E-state index in [4.69, 9.17) is 0 Å². The van der Waals surface area contributed by atoms with Crippen LogP contribution in [-0.4, -0.2) is 49.6 Å². The summed E-state index contributed by atoms with van der Waals surface area (Å²) >= 11 is 0. The molecule has 0 spiro atoms. The van der Waals surface area contributed by atoms with Crippen LogP contribution in [0.5, 0.6) is 0 Å². The maximum absolute atomic E-state index is 12.1. The van der Waals surface area contributed by atoms with E-state index in [9.17, 15) is 4.79 Å². The molecular weight excluding hydrogens is 285 g/mol. The van der Waals surface area contributed by atoms with Crippen molar-refractivity contribution in [3.8, 4) is 0 Å². The van der Waals surface area contributed by atoms with Crippen LogP contribution in [0.15, 0.2) is 0 Å². The number of nitrogens with zero attached hydrogens (tertiary/aromatic N) is 1. The molecule has 2 saturated heterocycles. The van der Waals surface area contributed by atoms with Gasteiger partial charge in [0, 0.05) is 25.7 Å². The molecule has 2 heterocycles. The lowest BCUT2D eigenvalue weighted by Gasteiger charge is -2.32. The van der Waals surface area contributed by atoms with Crippen LogP contribution in [0.1, 0.15) is 32.6 Å². The van der Waals surface area contributed by atoms with Crippen molar-refractivity contribution in [1.29, 1.82) is 0 Å². The van der Waals surface area contributed by atoms with Crippen molar-refractivity contribution in [3.05, 3.63) is 0 Å². The summed E-state index contributed by atoms with van der Waals surface area (Å²) in [5, 5.41) is 6.53. The quantitative estimate of drug-likeness (QED) is 0.829. The molecule has 6 heteroatoms. The Kier molecular flexibility index (Phi) is 9.79. The Morgan fingerprint density at radius 1 is 1.26 bits per heavy atom. The molecule has 1 amide bonds. The van der Waals surface area contributed by atoms with Gasteiger partial charge in [-0.1, -0.05) is 6.92 Å². The Morgan fingerprint density at radius 3 is 2.47 bits per heavy atom. The molecule has 1 unspecified atom stereocenters. The van der Waals surface area contributed by atoms with Gasteiger partial charge in [0.1, 0.15) is 0 Å². The third-order valence-electron chi connectivity index (χ3n) is 4.05. The van der Waals surface area contributed by atoms with Gasteiger partial charge in [-0.15, -0.1) is 24.8 Å². The highest BCUT2D eigenvalue weighted by atomic mass is 35.5. The molecule has 0 aromatic rings. The Labute approximate surface area is 128 Å². The molecule has 0 bridgehead atoms. The van der Waals surface area contributed by atoms with E-state index in [1.165, 1.54) is 0 Å². The zero-order valence-electron chi connectivity index (χ0n) is 11.7. The lowest BCUT2D eigenvalue weighted by atomic mass is 9.97. The van der Waals surface area contributed by atoms with Crippen LogP contribution < -0.4 is 10.6 Å². The summed E-state index contributed by atoms with van der Waals surface area (Å²) in [7, 11) is 0. The van der Waals surface area contributed by atoms with Gasteiger partial charge in [-0.25, -0.2) is 0 Å². The van der Waals surface area contributed by atoms with E-state index < -0.39 is 0 Å². The van der Waals surface area contributed by atoms with Gasteiger partial charge < -0.3 is 15.5 Å². The first kappa shape index (κ1) is 19.0. The van der Waals surface area contributed by atoms with Gasteiger partial charge in [0.2, 0.25) is 5.91 Å². The molecule has 4 nitrogen and oxygen atoms in total. The van der Waals surface area contributed by atoms with E-state index in [-0.39, 0.29) is 36.6 Å². The van der Waals surface area contributed by atoms with E-state index in [1.54, 1.807) is 0 Å². The fraction of sp³-hybridized carbons (Fsp3) is 0.923. The number of amides is 1. The van der Waals surface area contributed by atoms with Crippen LogP contribution in [-0.2, 0) is 4.79 Å². The molecule has 2 N–H and O–H groups in total. The third kappa shape index (κ3) is 5.86. The molecule has 0 saturated carbocycles. The average Bonchev–Trinajstić information content (AvgIpc) is 2.40. The summed E-state index contributed by atoms with van der Waals surface area (Å²) in [6.45, 7) is 7.52. The van der Waals surface area contributed by atoms with Gasteiger partial charge in [0.15, 0.2) is 0 Å². The number of hydrogen-bond donors (Lipinski definition) is 2. The first-order valence-electron chi connectivity index (χ1n) is 7.03. The number of hydrogen-bond acceptors (Lipinski definition) is 3. The molecule has 0 aliphatic carbocycles. The SMILES string of the molecule is CCN1CCC(NC(=O)C2CCCNC2)CC1.Cl.Cl. The normalized spacial score (nSPS) is 25.0. The Bertz CT molecular complexity index is 252. The topological polar surface area (TPSA) is 44.4 Å². The number of carbonyl (C=O) groups excluding carboxylic acids is 1. The average molecular weight is 312 g/mol. The van der Waals surface area contributed by atoms with Crippen molar-refractivity contribution < 1.29 is 4.79 Å². The maximum Gasteiger partial charge on any atom is 0.224 e. The second kappa shape index (κ2) is 9.81. The van der Waals surface area contributed by atoms with Crippen molar-refractivity contribution in [2.75, 3.05) is 32.7 Å². The summed E-state index contributed by atoms with van der Waals surface area (Å²) < 4.78 is 0. The molecule has 19 heavy (non-hydrogen) atoms. The first-order chi connectivity index (χ1) is 8.29. The van der Waals surface area contributed by atoms with Crippen LogP contribution in [0.3, 0.4) is 0 Å². The summed E-state index contributed by atoms with van der Waals surface area (Å²) in [6, 6.07) is 0.409. The zero-order chi connectivity index (χ0) is 12.1. The fourth-order valence-corrected chi connectivity index (χ4v) is 2.79. The minimum absolute atomic E-state index is 0. The van der Waals surface area contributed by atoms with Gasteiger partial charge in [0.05, 0.1) is 5.92 Å². The minimum atomic E-state index is 0. The molecule has 2 fully saturated rings. The largest absolute Gasteiger partial charge is 0.353 e. The summed E-state index contributed by atoms with van der Waals surface area (Å²) in [5.74, 6) is 0.472. The highest BCUT2D eigenvalue weighted by Crippen LogP contribution is 2.13. The Balaban J connectivity index is 0.00000162. The molecule has 0 aromatic heterocycles. The predicted octanol–water partition coefficient (Wildman–Crippen LogP) is 1.43. The summed E-state index contributed by atoms with van der Waals surface area (Å²) in [4.78, 5) is 14.5. The minimum Gasteiger partial charge on any atom is -0.353 e. The van der Waals surface area contributed by atoms with E-state index in [0.717, 1.165) is 58.4 Å². The van der Waals surface area contributed by atoms with Crippen LogP contribution in [0.2, 0.25) is 0 Å². The molecule has 2 aliphatic rings. The standard InChI is InChI=1S/C13H25N3O.2ClH/c1-2-16-8-5-12(6-9-16)15-13(17)11-4-3-7-14-10-11;;/h11-12,14H,2-10H2,1H3,(H,15,17);2*1H. The molecule has 114 valence electrons.